The monoisotopic (exact) mass is 323 g/mol. The molecule has 24 heavy (non-hydrogen) atoms. The van der Waals surface area contributed by atoms with Crippen LogP contribution in [0.1, 0.15) is 21.6 Å². The number of benzene rings is 1. The molecule has 1 aromatic heterocycles. The highest BCUT2D eigenvalue weighted by atomic mass is 16.1. The predicted octanol–water partition coefficient (Wildman–Crippen LogP) is 2.67. The van der Waals surface area contributed by atoms with Gasteiger partial charge in [0, 0.05) is 46.0 Å². The largest absolute Gasteiger partial charge is 0.348 e. The average Bonchev–Trinajstić information content (AvgIpc) is 3.02. The maximum Gasteiger partial charge on any atom is 0.202 e. The molecule has 0 atom stereocenters. The van der Waals surface area contributed by atoms with Crippen LogP contribution in [-0.4, -0.2) is 53.4 Å². The van der Waals surface area contributed by atoms with E-state index in [1.54, 1.807) is 6.08 Å². The highest BCUT2D eigenvalue weighted by Gasteiger charge is 2.14. The summed E-state index contributed by atoms with van der Waals surface area (Å²) in [5.41, 5.74) is 3.11. The molecule has 1 saturated heterocycles. The SMILES string of the molecule is CN1CCN(Cc2ccccc2C=CC(=O)c2cccn2C)CC1. The van der Waals surface area contributed by atoms with Crippen molar-refractivity contribution in [1.29, 1.82) is 0 Å². The zero-order valence-electron chi connectivity index (χ0n) is 14.5. The zero-order valence-corrected chi connectivity index (χ0v) is 14.5. The summed E-state index contributed by atoms with van der Waals surface area (Å²) in [6, 6.07) is 12.1. The number of aromatic nitrogens is 1. The van der Waals surface area contributed by atoms with Crippen molar-refractivity contribution in [3.05, 3.63) is 65.5 Å². The molecule has 0 radical (unpaired) electrons. The van der Waals surface area contributed by atoms with Crippen LogP contribution < -0.4 is 0 Å². The molecule has 0 saturated carbocycles. The van der Waals surface area contributed by atoms with Crippen molar-refractivity contribution in [3.8, 4) is 0 Å². The number of likely N-dealkylation sites (N-methyl/N-ethyl adjacent to an activating group) is 1. The van der Waals surface area contributed by atoms with E-state index in [2.05, 4.69) is 35.0 Å². The van der Waals surface area contributed by atoms with Crippen LogP contribution in [0.2, 0.25) is 0 Å². The average molecular weight is 323 g/mol. The summed E-state index contributed by atoms with van der Waals surface area (Å²) in [6.07, 6.45) is 5.52. The van der Waals surface area contributed by atoms with Crippen molar-refractivity contribution in [2.75, 3.05) is 33.2 Å². The molecule has 2 aromatic rings. The smallest absolute Gasteiger partial charge is 0.202 e. The second kappa shape index (κ2) is 7.60. The molecular formula is C20H25N3O. The molecule has 1 fully saturated rings. The number of nitrogens with zero attached hydrogens (tertiary/aromatic N) is 3. The number of carbonyl (C=O) groups is 1. The maximum atomic E-state index is 12.3. The van der Waals surface area contributed by atoms with Crippen LogP contribution in [0.15, 0.2) is 48.7 Å². The first-order chi connectivity index (χ1) is 11.6. The van der Waals surface area contributed by atoms with Crippen molar-refractivity contribution < 1.29 is 4.79 Å². The zero-order chi connectivity index (χ0) is 16.9. The van der Waals surface area contributed by atoms with Crippen LogP contribution in [0.3, 0.4) is 0 Å². The van der Waals surface area contributed by atoms with E-state index in [0.29, 0.717) is 5.69 Å². The molecule has 4 heteroatoms. The van der Waals surface area contributed by atoms with Gasteiger partial charge in [-0.25, -0.2) is 0 Å². The number of ketones is 1. The highest BCUT2D eigenvalue weighted by Crippen LogP contribution is 2.15. The Morgan fingerprint density at radius 1 is 1.04 bits per heavy atom. The number of carbonyl (C=O) groups excluding carboxylic acids is 1. The fourth-order valence-corrected chi connectivity index (χ4v) is 3.06. The minimum atomic E-state index is 0.0388. The minimum absolute atomic E-state index is 0.0388. The second-order valence-electron chi connectivity index (χ2n) is 6.48. The van der Waals surface area contributed by atoms with Crippen molar-refractivity contribution in [2.45, 2.75) is 6.54 Å². The van der Waals surface area contributed by atoms with Crippen LogP contribution in [0.5, 0.6) is 0 Å². The van der Waals surface area contributed by atoms with Crippen LogP contribution in [0, 0.1) is 0 Å². The Kier molecular flexibility index (Phi) is 5.28. The van der Waals surface area contributed by atoms with Crippen molar-refractivity contribution >= 4 is 11.9 Å². The lowest BCUT2D eigenvalue weighted by molar-refractivity contribution is 0.104. The van der Waals surface area contributed by atoms with Gasteiger partial charge in [0.2, 0.25) is 5.78 Å². The van der Waals surface area contributed by atoms with E-state index >= 15 is 0 Å². The Bertz CT molecular complexity index is 724. The number of aryl methyl sites for hydroxylation is 1. The van der Waals surface area contributed by atoms with Crippen molar-refractivity contribution in [2.24, 2.45) is 7.05 Å². The van der Waals surface area contributed by atoms with Gasteiger partial charge in [-0.1, -0.05) is 30.3 Å². The van der Waals surface area contributed by atoms with Crippen molar-refractivity contribution in [1.82, 2.24) is 14.4 Å². The number of allylic oxidation sites excluding steroid dienone is 1. The van der Waals surface area contributed by atoms with Crippen molar-refractivity contribution in [3.63, 3.8) is 0 Å². The topological polar surface area (TPSA) is 28.5 Å². The Labute approximate surface area is 144 Å². The Morgan fingerprint density at radius 3 is 2.50 bits per heavy atom. The molecule has 126 valence electrons. The summed E-state index contributed by atoms with van der Waals surface area (Å²) in [5, 5.41) is 0. The standard InChI is InChI=1S/C20H25N3O/c1-21-12-14-23(15-13-21)16-18-7-4-3-6-17(18)9-10-20(24)19-8-5-11-22(19)2/h3-11H,12-16H2,1-2H3. The van der Waals surface area contributed by atoms with Crippen LogP contribution in [0.25, 0.3) is 6.08 Å². The normalized spacial score (nSPS) is 16.8. The van der Waals surface area contributed by atoms with E-state index in [9.17, 15) is 4.79 Å². The van der Waals surface area contributed by atoms with Gasteiger partial charge in [0.1, 0.15) is 0 Å². The molecule has 1 aromatic carbocycles. The molecule has 1 aliphatic heterocycles. The van der Waals surface area contributed by atoms with Crippen LogP contribution >= 0.6 is 0 Å². The Balaban J connectivity index is 1.71. The first-order valence-electron chi connectivity index (χ1n) is 8.46. The quantitative estimate of drug-likeness (QED) is 0.626. The molecule has 0 unspecified atom stereocenters. The van der Waals surface area contributed by atoms with Gasteiger partial charge in [0.25, 0.3) is 0 Å². The fourth-order valence-electron chi connectivity index (χ4n) is 3.06. The molecule has 0 amide bonds. The van der Waals surface area contributed by atoms with Gasteiger partial charge in [-0.3, -0.25) is 9.69 Å². The van der Waals surface area contributed by atoms with E-state index in [1.165, 1.54) is 5.56 Å². The van der Waals surface area contributed by atoms with Gasteiger partial charge in [0.05, 0.1) is 5.69 Å². The molecule has 1 aliphatic rings. The number of hydrogen-bond donors (Lipinski definition) is 0. The molecule has 3 rings (SSSR count). The third-order valence-corrected chi connectivity index (χ3v) is 4.66. The molecule has 4 nitrogen and oxygen atoms in total. The first-order valence-corrected chi connectivity index (χ1v) is 8.46. The predicted molar refractivity (Wildman–Crippen MR) is 98.0 cm³/mol. The lowest BCUT2D eigenvalue weighted by atomic mass is 10.1. The summed E-state index contributed by atoms with van der Waals surface area (Å²) < 4.78 is 1.85. The second-order valence-corrected chi connectivity index (χ2v) is 6.48. The number of rotatable bonds is 5. The lowest BCUT2D eigenvalue weighted by Gasteiger charge is -2.32. The van der Waals surface area contributed by atoms with Gasteiger partial charge in [-0.05, 0) is 36.4 Å². The van der Waals surface area contributed by atoms with Crippen LogP contribution in [0.4, 0.5) is 0 Å². The van der Waals surface area contributed by atoms with E-state index in [0.717, 1.165) is 38.3 Å². The number of hydrogen-bond acceptors (Lipinski definition) is 3. The Morgan fingerprint density at radius 2 is 1.79 bits per heavy atom. The summed E-state index contributed by atoms with van der Waals surface area (Å²) in [4.78, 5) is 17.2. The molecule has 0 bridgehead atoms. The van der Waals surface area contributed by atoms with Gasteiger partial charge in [0.15, 0.2) is 0 Å². The fraction of sp³-hybridized carbons (Fsp3) is 0.350. The molecular weight excluding hydrogens is 298 g/mol. The summed E-state index contributed by atoms with van der Waals surface area (Å²) in [6.45, 7) is 5.36. The van der Waals surface area contributed by atoms with E-state index < -0.39 is 0 Å². The van der Waals surface area contributed by atoms with E-state index in [-0.39, 0.29) is 5.78 Å². The van der Waals surface area contributed by atoms with E-state index in [1.807, 2.05) is 42.1 Å². The molecule has 2 heterocycles. The lowest BCUT2D eigenvalue weighted by Crippen LogP contribution is -2.43. The number of piperazine rings is 1. The van der Waals surface area contributed by atoms with Gasteiger partial charge >= 0.3 is 0 Å². The summed E-state index contributed by atoms with van der Waals surface area (Å²) in [5.74, 6) is 0.0388. The van der Waals surface area contributed by atoms with Gasteiger partial charge in [-0.15, -0.1) is 0 Å². The third kappa shape index (κ3) is 4.02. The molecule has 0 N–H and O–H groups in total. The van der Waals surface area contributed by atoms with E-state index in [4.69, 9.17) is 0 Å². The minimum Gasteiger partial charge on any atom is -0.348 e. The summed E-state index contributed by atoms with van der Waals surface area (Å²) in [7, 11) is 4.06. The van der Waals surface area contributed by atoms with Crippen LogP contribution in [-0.2, 0) is 13.6 Å². The molecule has 0 spiro atoms. The highest BCUT2D eigenvalue weighted by molar-refractivity contribution is 6.05. The maximum absolute atomic E-state index is 12.3. The van der Waals surface area contributed by atoms with Gasteiger partial charge < -0.3 is 9.47 Å². The molecule has 0 aliphatic carbocycles. The Hall–Kier alpha value is -2.17. The summed E-state index contributed by atoms with van der Waals surface area (Å²) >= 11 is 0. The van der Waals surface area contributed by atoms with Gasteiger partial charge in [-0.2, -0.15) is 0 Å². The third-order valence-electron chi connectivity index (χ3n) is 4.66. The first kappa shape index (κ1) is 16.7.